The van der Waals surface area contributed by atoms with Gasteiger partial charge in [-0.15, -0.1) is 0 Å². The van der Waals surface area contributed by atoms with Crippen molar-refractivity contribution < 1.29 is 28.8 Å². The Morgan fingerprint density at radius 1 is 0.587 bits per heavy atom. The smallest absolute Gasteiger partial charge is 0.169 e. The molecule has 0 aromatic heterocycles. The zero-order valence-corrected chi connectivity index (χ0v) is 27.6. The molecule has 0 radical (unpaired) electrons. The number of likely N-dealkylation sites (N-methyl/N-ethyl adjacent to an activating group) is 2. The van der Waals surface area contributed by atoms with Crippen LogP contribution in [0, 0.1) is 0 Å². The molecular formula is C38H44N2O6. The van der Waals surface area contributed by atoms with Crippen molar-refractivity contribution in [3.8, 4) is 40.2 Å². The first kappa shape index (κ1) is 31.6. The summed E-state index contributed by atoms with van der Waals surface area (Å²) < 4.78 is 28.7. The van der Waals surface area contributed by atoms with E-state index in [1.807, 2.05) is 30.3 Å². The standard InChI is InChI=1S/C38H44N2O6/c1-39-15-14-27-21-36(44-5)38(23-30(27)31(39)17-24-7-10-28(42-3)11-8-24)46-34-12-9-25(19-33(34)41)18-32-29-22-37(45-6)35(43-4)20-26(29)13-16-40(32)2/h7-12,19-23,31-32,41H,13-18H2,1-6H3. The molecule has 2 unspecified atom stereocenters. The lowest BCUT2D eigenvalue weighted by Gasteiger charge is -2.35. The van der Waals surface area contributed by atoms with Gasteiger partial charge in [-0.1, -0.05) is 18.2 Å². The van der Waals surface area contributed by atoms with Gasteiger partial charge in [-0.3, -0.25) is 9.80 Å². The normalized spacial score (nSPS) is 18.0. The average Bonchev–Trinajstić information content (AvgIpc) is 3.08. The second kappa shape index (κ2) is 13.5. The van der Waals surface area contributed by atoms with E-state index >= 15 is 0 Å². The maximum Gasteiger partial charge on any atom is 0.169 e. The quantitative estimate of drug-likeness (QED) is 0.208. The van der Waals surface area contributed by atoms with E-state index in [1.54, 1.807) is 28.4 Å². The molecule has 4 aromatic rings. The summed E-state index contributed by atoms with van der Waals surface area (Å²) in [4.78, 5) is 4.74. The summed E-state index contributed by atoms with van der Waals surface area (Å²) in [6, 6.07) is 22.6. The molecule has 8 heteroatoms. The van der Waals surface area contributed by atoms with Crippen LogP contribution in [-0.4, -0.2) is 70.5 Å². The highest BCUT2D eigenvalue weighted by Crippen LogP contribution is 2.44. The molecule has 4 aromatic carbocycles. The Bertz CT molecular complexity index is 1690. The Morgan fingerprint density at radius 3 is 1.63 bits per heavy atom. The molecule has 0 saturated heterocycles. The fourth-order valence-corrected chi connectivity index (χ4v) is 6.86. The number of hydrogen-bond donors (Lipinski definition) is 1. The van der Waals surface area contributed by atoms with E-state index in [0.717, 1.165) is 61.6 Å². The molecule has 0 saturated carbocycles. The van der Waals surface area contributed by atoms with Crippen LogP contribution in [-0.2, 0) is 25.7 Å². The first-order chi connectivity index (χ1) is 22.3. The third-order valence-corrected chi connectivity index (χ3v) is 9.58. The minimum Gasteiger partial charge on any atom is -0.504 e. The Morgan fingerprint density at radius 2 is 1.09 bits per heavy atom. The maximum absolute atomic E-state index is 11.2. The van der Waals surface area contributed by atoms with Crippen LogP contribution >= 0.6 is 0 Å². The SMILES string of the molecule is COc1ccc(CC2c3cc(Oc4ccc(CC5c6cc(OC)c(OC)cc6CCN5C)cc4O)c(OC)cc3CCN2C)cc1. The Labute approximate surface area is 272 Å². The van der Waals surface area contributed by atoms with Crippen molar-refractivity contribution in [1.29, 1.82) is 0 Å². The molecule has 0 amide bonds. The number of rotatable bonds is 10. The highest BCUT2D eigenvalue weighted by Gasteiger charge is 2.29. The molecular weight excluding hydrogens is 580 g/mol. The molecule has 0 bridgehead atoms. The molecule has 2 aliphatic rings. The van der Waals surface area contributed by atoms with Gasteiger partial charge in [-0.2, -0.15) is 0 Å². The van der Waals surface area contributed by atoms with Crippen molar-refractivity contribution in [3.05, 3.63) is 100 Å². The van der Waals surface area contributed by atoms with Gasteiger partial charge in [0, 0.05) is 25.2 Å². The highest BCUT2D eigenvalue weighted by atomic mass is 16.5. The zero-order valence-electron chi connectivity index (χ0n) is 27.6. The van der Waals surface area contributed by atoms with Gasteiger partial charge in [0.05, 0.1) is 28.4 Å². The number of nitrogens with zero attached hydrogens (tertiary/aromatic N) is 2. The van der Waals surface area contributed by atoms with E-state index in [-0.39, 0.29) is 17.8 Å². The molecule has 0 spiro atoms. The number of phenols is 1. The monoisotopic (exact) mass is 624 g/mol. The molecule has 1 N–H and O–H groups in total. The fraction of sp³-hybridized carbons (Fsp3) is 0.368. The second-order valence-electron chi connectivity index (χ2n) is 12.3. The zero-order chi connectivity index (χ0) is 32.4. The van der Waals surface area contributed by atoms with Gasteiger partial charge in [0.2, 0.25) is 0 Å². The molecule has 2 aliphatic heterocycles. The number of aromatic hydroxyl groups is 1. The molecule has 242 valence electrons. The minimum absolute atomic E-state index is 0.0928. The van der Waals surface area contributed by atoms with Crippen molar-refractivity contribution in [2.24, 2.45) is 0 Å². The van der Waals surface area contributed by atoms with E-state index in [4.69, 9.17) is 23.7 Å². The average molecular weight is 625 g/mol. The number of phenolic OH excluding ortho intramolecular Hbond substituents is 1. The summed E-state index contributed by atoms with van der Waals surface area (Å²) >= 11 is 0. The summed E-state index contributed by atoms with van der Waals surface area (Å²) in [5.74, 6) is 4.05. The van der Waals surface area contributed by atoms with Crippen LogP contribution in [0.5, 0.6) is 40.2 Å². The topological polar surface area (TPSA) is 72.9 Å². The number of methoxy groups -OCH3 is 4. The summed E-state index contributed by atoms with van der Waals surface area (Å²) in [5.41, 5.74) is 7.21. The third kappa shape index (κ3) is 6.32. The van der Waals surface area contributed by atoms with Gasteiger partial charge in [0.15, 0.2) is 34.5 Å². The van der Waals surface area contributed by atoms with Crippen LogP contribution in [0.15, 0.2) is 66.7 Å². The summed E-state index contributed by atoms with van der Waals surface area (Å²) in [6.07, 6.45) is 3.46. The number of fused-ring (bicyclic) bond motifs is 2. The molecule has 6 rings (SSSR count). The van der Waals surface area contributed by atoms with E-state index in [2.05, 4.69) is 60.3 Å². The lowest BCUT2D eigenvalue weighted by atomic mass is 9.88. The summed E-state index contributed by atoms with van der Waals surface area (Å²) in [7, 11) is 11.0. The molecule has 0 aliphatic carbocycles. The van der Waals surface area contributed by atoms with Crippen molar-refractivity contribution in [3.63, 3.8) is 0 Å². The predicted molar refractivity (Wildman–Crippen MR) is 179 cm³/mol. The van der Waals surface area contributed by atoms with Crippen LogP contribution in [0.25, 0.3) is 0 Å². The van der Waals surface area contributed by atoms with E-state index in [9.17, 15) is 5.11 Å². The van der Waals surface area contributed by atoms with Crippen LogP contribution < -0.4 is 23.7 Å². The number of ether oxygens (including phenoxy) is 5. The lowest BCUT2D eigenvalue weighted by Crippen LogP contribution is -2.33. The van der Waals surface area contributed by atoms with Crippen molar-refractivity contribution in [2.45, 2.75) is 37.8 Å². The van der Waals surface area contributed by atoms with Crippen molar-refractivity contribution >= 4 is 0 Å². The summed E-state index contributed by atoms with van der Waals surface area (Å²) in [6.45, 7) is 1.90. The minimum atomic E-state index is 0.0928. The van der Waals surface area contributed by atoms with E-state index in [0.29, 0.717) is 17.2 Å². The van der Waals surface area contributed by atoms with Gasteiger partial charge in [-0.25, -0.2) is 0 Å². The van der Waals surface area contributed by atoms with Crippen LogP contribution in [0.3, 0.4) is 0 Å². The first-order valence-corrected chi connectivity index (χ1v) is 15.8. The lowest BCUT2D eigenvalue weighted by molar-refractivity contribution is 0.227. The maximum atomic E-state index is 11.2. The van der Waals surface area contributed by atoms with Gasteiger partial charge in [-0.05, 0) is 122 Å². The largest absolute Gasteiger partial charge is 0.504 e. The predicted octanol–water partition coefficient (Wildman–Crippen LogP) is 6.76. The van der Waals surface area contributed by atoms with Crippen LogP contribution in [0.1, 0.15) is 45.5 Å². The molecule has 2 atom stereocenters. The van der Waals surface area contributed by atoms with Gasteiger partial charge >= 0.3 is 0 Å². The molecule has 46 heavy (non-hydrogen) atoms. The van der Waals surface area contributed by atoms with Gasteiger partial charge in [0.25, 0.3) is 0 Å². The van der Waals surface area contributed by atoms with Gasteiger partial charge in [0.1, 0.15) is 5.75 Å². The van der Waals surface area contributed by atoms with Gasteiger partial charge < -0.3 is 28.8 Å². The second-order valence-corrected chi connectivity index (χ2v) is 12.3. The molecule has 2 heterocycles. The van der Waals surface area contributed by atoms with Crippen LogP contribution in [0.4, 0.5) is 0 Å². The number of benzene rings is 4. The Balaban J connectivity index is 1.25. The number of hydrogen-bond acceptors (Lipinski definition) is 8. The molecule has 8 nitrogen and oxygen atoms in total. The fourth-order valence-electron chi connectivity index (χ4n) is 6.86. The van der Waals surface area contributed by atoms with Crippen LogP contribution in [0.2, 0.25) is 0 Å². The van der Waals surface area contributed by atoms with E-state index < -0.39 is 0 Å². The van der Waals surface area contributed by atoms with Crippen molar-refractivity contribution in [2.75, 3.05) is 55.6 Å². The Kier molecular flexibility index (Phi) is 9.29. The van der Waals surface area contributed by atoms with E-state index in [1.165, 1.54) is 27.8 Å². The van der Waals surface area contributed by atoms with Crippen molar-refractivity contribution in [1.82, 2.24) is 9.80 Å². The molecule has 0 fully saturated rings. The Hall–Kier alpha value is -4.40. The highest BCUT2D eigenvalue weighted by molar-refractivity contribution is 5.54. The first-order valence-electron chi connectivity index (χ1n) is 15.8. The third-order valence-electron chi connectivity index (χ3n) is 9.58. The summed E-state index contributed by atoms with van der Waals surface area (Å²) in [5, 5.41) is 11.2.